The van der Waals surface area contributed by atoms with Crippen molar-refractivity contribution in [3.8, 4) is 11.8 Å². The lowest BCUT2D eigenvalue weighted by molar-refractivity contribution is 0.273. The van der Waals surface area contributed by atoms with Gasteiger partial charge < -0.3 is 8.85 Å². The van der Waals surface area contributed by atoms with E-state index in [4.69, 9.17) is 8.85 Å². The molecule has 0 N–H and O–H groups in total. The number of benzene rings is 1. The lowest BCUT2D eigenvalue weighted by atomic mass is 10.2. The van der Waals surface area contributed by atoms with E-state index >= 15 is 0 Å². The van der Waals surface area contributed by atoms with Crippen LogP contribution in [0, 0.1) is 11.8 Å². The summed E-state index contributed by atoms with van der Waals surface area (Å²) in [7, 11) is 1.76. The van der Waals surface area contributed by atoms with Gasteiger partial charge in [0.2, 0.25) is 0 Å². The molecule has 3 heteroatoms. The molecule has 0 aliphatic carbocycles. The summed E-state index contributed by atoms with van der Waals surface area (Å²) >= 11 is 0. The number of hydrogen-bond acceptors (Lipinski definition) is 2. The number of hydrogen-bond donors (Lipinski definition) is 0. The molecule has 1 aromatic carbocycles. The predicted molar refractivity (Wildman–Crippen MR) is 63.9 cm³/mol. The second-order valence-electron chi connectivity index (χ2n) is 3.26. The summed E-state index contributed by atoms with van der Waals surface area (Å²) in [5, 5.41) is 0. The van der Waals surface area contributed by atoms with Gasteiger partial charge in [-0.15, -0.1) is 0 Å². The predicted octanol–water partition coefficient (Wildman–Crippen LogP) is 1.94. The molecule has 0 saturated heterocycles. The molecule has 0 spiro atoms. The van der Waals surface area contributed by atoms with Crippen LogP contribution in [0.15, 0.2) is 30.3 Å². The van der Waals surface area contributed by atoms with Crippen molar-refractivity contribution in [3.05, 3.63) is 35.9 Å². The SMILES string of the molecule is CO[SiH](OC)C(C)C#Cc1ccccc1. The Kier molecular flexibility index (Phi) is 5.12. The van der Waals surface area contributed by atoms with Gasteiger partial charge in [-0.1, -0.05) is 30.0 Å². The first kappa shape index (κ1) is 12.0. The summed E-state index contributed by atoms with van der Waals surface area (Å²) < 4.78 is 10.5. The minimum atomic E-state index is -1.60. The van der Waals surface area contributed by atoms with Gasteiger partial charge in [0, 0.05) is 19.8 Å². The quantitative estimate of drug-likeness (QED) is 0.572. The van der Waals surface area contributed by atoms with Crippen LogP contribution in [0.3, 0.4) is 0 Å². The van der Waals surface area contributed by atoms with Crippen molar-refractivity contribution in [2.45, 2.75) is 12.5 Å². The molecule has 0 aromatic heterocycles. The Morgan fingerprint density at radius 1 is 1.13 bits per heavy atom. The van der Waals surface area contributed by atoms with Gasteiger partial charge >= 0.3 is 9.28 Å². The normalized spacial score (nSPS) is 12.0. The van der Waals surface area contributed by atoms with E-state index in [1.165, 1.54) is 0 Å². The van der Waals surface area contributed by atoms with Gasteiger partial charge in [-0.2, -0.15) is 0 Å². The molecular formula is C12H16O2Si. The molecule has 0 aliphatic heterocycles. The molecule has 1 atom stereocenters. The van der Waals surface area contributed by atoms with E-state index < -0.39 is 9.28 Å². The molecule has 0 amide bonds. The van der Waals surface area contributed by atoms with Crippen molar-refractivity contribution in [1.82, 2.24) is 0 Å². The summed E-state index contributed by atoms with van der Waals surface area (Å²) in [5.74, 6) is 6.28. The molecule has 15 heavy (non-hydrogen) atoms. The van der Waals surface area contributed by atoms with Crippen molar-refractivity contribution in [2.75, 3.05) is 14.2 Å². The zero-order valence-electron chi connectivity index (χ0n) is 9.36. The fourth-order valence-electron chi connectivity index (χ4n) is 1.29. The van der Waals surface area contributed by atoms with Gasteiger partial charge in [0.15, 0.2) is 0 Å². The van der Waals surface area contributed by atoms with Gasteiger partial charge in [-0.05, 0) is 19.1 Å². The smallest absolute Gasteiger partial charge is 0.336 e. The monoisotopic (exact) mass is 220 g/mol. The fourth-order valence-corrected chi connectivity index (χ4v) is 2.52. The third-order valence-corrected chi connectivity index (χ3v) is 4.00. The zero-order valence-corrected chi connectivity index (χ0v) is 10.5. The second-order valence-corrected chi connectivity index (χ2v) is 5.94. The first-order valence-corrected chi connectivity index (χ1v) is 6.51. The standard InChI is InChI=1S/C12H16O2Si/c1-11(15(13-2)14-3)9-10-12-7-5-4-6-8-12/h4-8,11,15H,1-3H3. The average Bonchev–Trinajstić information content (AvgIpc) is 2.29. The summed E-state index contributed by atoms with van der Waals surface area (Å²) in [6, 6.07) is 9.94. The Morgan fingerprint density at radius 2 is 1.73 bits per heavy atom. The maximum absolute atomic E-state index is 5.26. The fraction of sp³-hybridized carbons (Fsp3) is 0.333. The van der Waals surface area contributed by atoms with Crippen molar-refractivity contribution in [1.29, 1.82) is 0 Å². The molecule has 80 valence electrons. The van der Waals surface area contributed by atoms with Crippen LogP contribution in [0.2, 0.25) is 5.54 Å². The van der Waals surface area contributed by atoms with Crippen LogP contribution in [0.5, 0.6) is 0 Å². The van der Waals surface area contributed by atoms with E-state index in [1.54, 1.807) is 14.2 Å². The lowest BCUT2D eigenvalue weighted by Crippen LogP contribution is -2.23. The Labute approximate surface area is 93.1 Å². The molecule has 1 aromatic rings. The maximum Gasteiger partial charge on any atom is 0.336 e. The third kappa shape index (κ3) is 3.88. The van der Waals surface area contributed by atoms with Crippen LogP contribution in [0.25, 0.3) is 0 Å². The van der Waals surface area contributed by atoms with Crippen LogP contribution >= 0.6 is 0 Å². The van der Waals surface area contributed by atoms with E-state index in [2.05, 4.69) is 11.8 Å². The molecule has 0 radical (unpaired) electrons. The van der Waals surface area contributed by atoms with E-state index in [-0.39, 0.29) is 5.54 Å². The lowest BCUT2D eigenvalue weighted by Gasteiger charge is -2.12. The van der Waals surface area contributed by atoms with Crippen LogP contribution in [0.1, 0.15) is 12.5 Å². The summed E-state index contributed by atoms with van der Waals surface area (Å²) in [6.07, 6.45) is 0. The van der Waals surface area contributed by atoms with Crippen molar-refractivity contribution < 1.29 is 8.85 Å². The van der Waals surface area contributed by atoms with Gasteiger partial charge in [-0.3, -0.25) is 0 Å². The average molecular weight is 220 g/mol. The highest BCUT2D eigenvalue weighted by atomic mass is 28.3. The third-order valence-electron chi connectivity index (χ3n) is 2.09. The maximum atomic E-state index is 5.26. The van der Waals surface area contributed by atoms with Gasteiger partial charge in [-0.25, -0.2) is 0 Å². The largest absolute Gasteiger partial charge is 0.399 e. The van der Waals surface area contributed by atoms with Gasteiger partial charge in [0.25, 0.3) is 0 Å². The Balaban J connectivity index is 2.65. The zero-order chi connectivity index (χ0) is 11.1. The van der Waals surface area contributed by atoms with Crippen LogP contribution < -0.4 is 0 Å². The van der Waals surface area contributed by atoms with Gasteiger partial charge in [0.05, 0.1) is 5.54 Å². The first-order chi connectivity index (χ1) is 7.27. The Morgan fingerprint density at radius 3 is 2.27 bits per heavy atom. The van der Waals surface area contributed by atoms with E-state index in [9.17, 15) is 0 Å². The van der Waals surface area contributed by atoms with Crippen molar-refractivity contribution in [2.24, 2.45) is 0 Å². The minimum Gasteiger partial charge on any atom is -0.399 e. The van der Waals surface area contributed by atoms with Gasteiger partial charge in [0.1, 0.15) is 0 Å². The van der Waals surface area contributed by atoms with Crippen LogP contribution in [0.4, 0.5) is 0 Å². The van der Waals surface area contributed by atoms with E-state index in [0.717, 1.165) is 5.56 Å². The Bertz CT molecular complexity index is 336. The molecule has 1 unspecified atom stereocenters. The molecule has 0 saturated carbocycles. The first-order valence-electron chi connectivity index (χ1n) is 4.90. The summed E-state index contributed by atoms with van der Waals surface area (Å²) in [6.45, 7) is 2.04. The van der Waals surface area contributed by atoms with Crippen molar-refractivity contribution in [3.63, 3.8) is 0 Å². The topological polar surface area (TPSA) is 18.5 Å². The number of rotatable bonds is 3. The Hall–Kier alpha value is -1.08. The molecule has 0 aliphatic rings. The molecule has 0 heterocycles. The minimum absolute atomic E-state index is 0.195. The molecule has 0 fully saturated rings. The molecule has 0 bridgehead atoms. The van der Waals surface area contributed by atoms with Crippen LogP contribution in [-0.2, 0) is 8.85 Å². The highest BCUT2D eigenvalue weighted by molar-refractivity contribution is 6.47. The highest BCUT2D eigenvalue weighted by Gasteiger charge is 2.16. The summed E-state index contributed by atoms with van der Waals surface area (Å²) in [4.78, 5) is 0. The van der Waals surface area contributed by atoms with Crippen molar-refractivity contribution >= 4 is 9.28 Å². The molecule has 1 rings (SSSR count). The summed E-state index contributed by atoms with van der Waals surface area (Å²) in [5.41, 5.74) is 1.23. The van der Waals surface area contributed by atoms with Crippen LogP contribution in [-0.4, -0.2) is 23.5 Å². The molecule has 2 nitrogen and oxygen atoms in total. The van der Waals surface area contributed by atoms with E-state index in [0.29, 0.717) is 0 Å². The highest BCUT2D eigenvalue weighted by Crippen LogP contribution is 2.08. The molecular weight excluding hydrogens is 204 g/mol. The second kappa shape index (κ2) is 6.41. The van der Waals surface area contributed by atoms with E-state index in [1.807, 2.05) is 37.3 Å².